The van der Waals surface area contributed by atoms with Gasteiger partial charge in [-0.25, -0.2) is 0 Å². The zero-order chi connectivity index (χ0) is 20.4. The number of benzene rings is 3. The van der Waals surface area contributed by atoms with Gasteiger partial charge in [0.25, 0.3) is 5.91 Å². The molecule has 4 rings (SSSR count). The van der Waals surface area contributed by atoms with Crippen LogP contribution in [0, 0.1) is 6.92 Å². The van der Waals surface area contributed by atoms with E-state index in [9.17, 15) is 4.79 Å². The number of fused-ring (bicyclic) bond motifs is 1. The molecule has 1 aliphatic heterocycles. The second-order valence-electron chi connectivity index (χ2n) is 7.31. The molecule has 0 fully saturated rings. The molecule has 0 unspecified atom stereocenters. The molecule has 0 spiro atoms. The Morgan fingerprint density at radius 1 is 0.966 bits per heavy atom. The number of hydrogen-bond acceptors (Lipinski definition) is 3. The van der Waals surface area contributed by atoms with Crippen molar-refractivity contribution in [3.8, 4) is 5.75 Å². The number of hydrogen-bond donors (Lipinski definition) is 1. The van der Waals surface area contributed by atoms with Crippen molar-refractivity contribution in [1.29, 1.82) is 0 Å². The van der Waals surface area contributed by atoms with Gasteiger partial charge in [0.05, 0.1) is 12.2 Å². The first-order valence-corrected chi connectivity index (χ1v) is 9.79. The third-order valence-electron chi connectivity index (χ3n) is 5.10. The fourth-order valence-corrected chi connectivity index (χ4v) is 3.36. The van der Waals surface area contributed by atoms with Gasteiger partial charge in [-0.1, -0.05) is 61.0 Å². The molecule has 4 nitrogen and oxygen atoms in total. The molecular weight excluding hydrogens is 360 g/mol. The predicted octanol–water partition coefficient (Wildman–Crippen LogP) is 5.11. The molecule has 0 aliphatic carbocycles. The molecule has 29 heavy (non-hydrogen) atoms. The minimum atomic E-state index is -0.178. The van der Waals surface area contributed by atoms with Gasteiger partial charge in [-0.05, 0) is 54.3 Å². The lowest BCUT2D eigenvalue weighted by atomic mass is 10.1. The van der Waals surface area contributed by atoms with E-state index in [4.69, 9.17) is 10.5 Å². The maximum absolute atomic E-state index is 13.3. The van der Waals surface area contributed by atoms with Crippen molar-refractivity contribution in [3.63, 3.8) is 0 Å². The van der Waals surface area contributed by atoms with Crippen molar-refractivity contribution in [3.05, 3.63) is 94.7 Å². The predicted molar refractivity (Wildman–Crippen MR) is 118 cm³/mol. The van der Waals surface area contributed by atoms with Crippen LogP contribution in [-0.4, -0.2) is 5.91 Å². The normalized spacial score (nSPS) is 14.6. The molecule has 3 aromatic rings. The highest BCUT2D eigenvalue weighted by molar-refractivity contribution is 6.10. The Hall–Kier alpha value is -3.53. The van der Waals surface area contributed by atoms with Crippen LogP contribution in [0.5, 0.6) is 5.75 Å². The summed E-state index contributed by atoms with van der Waals surface area (Å²) in [5, 5.41) is 0. The van der Waals surface area contributed by atoms with Gasteiger partial charge in [-0.3, -0.25) is 9.69 Å². The minimum absolute atomic E-state index is 0.178. The molecule has 0 aromatic heterocycles. The first-order valence-electron chi connectivity index (χ1n) is 9.79. The molecule has 1 heterocycles. The van der Waals surface area contributed by atoms with E-state index in [2.05, 4.69) is 19.1 Å². The van der Waals surface area contributed by atoms with E-state index < -0.39 is 0 Å². The van der Waals surface area contributed by atoms with Gasteiger partial charge < -0.3 is 10.5 Å². The molecule has 0 saturated carbocycles. The quantitative estimate of drug-likeness (QED) is 0.502. The summed E-state index contributed by atoms with van der Waals surface area (Å²) < 4.78 is 5.96. The first-order chi connectivity index (χ1) is 14.0. The maximum atomic E-state index is 13.3. The summed E-state index contributed by atoms with van der Waals surface area (Å²) in [6.07, 6.45) is 2.77. The van der Waals surface area contributed by atoms with E-state index in [1.54, 1.807) is 23.1 Å². The summed E-state index contributed by atoms with van der Waals surface area (Å²) in [6.45, 7) is 4.61. The van der Waals surface area contributed by atoms with Gasteiger partial charge in [-0.2, -0.15) is 0 Å². The van der Waals surface area contributed by atoms with E-state index >= 15 is 0 Å². The highest BCUT2D eigenvalue weighted by Crippen LogP contribution is 2.38. The number of ether oxygens (including phenoxy) is 1. The molecule has 2 N–H and O–H groups in total. The highest BCUT2D eigenvalue weighted by Gasteiger charge is 2.30. The summed E-state index contributed by atoms with van der Waals surface area (Å²) in [6, 6.07) is 21.7. The summed E-state index contributed by atoms with van der Waals surface area (Å²) in [7, 11) is 0. The van der Waals surface area contributed by atoms with Crippen LogP contribution in [0.4, 0.5) is 11.4 Å². The Balaban J connectivity index is 1.72. The number of amides is 1. The Kier molecular flexibility index (Phi) is 5.09. The lowest BCUT2D eigenvalue weighted by Crippen LogP contribution is -2.36. The van der Waals surface area contributed by atoms with Crippen LogP contribution >= 0.6 is 0 Å². The Labute approximate surface area is 171 Å². The molecule has 0 bridgehead atoms. The second kappa shape index (κ2) is 7.84. The van der Waals surface area contributed by atoms with E-state index in [0.717, 1.165) is 17.5 Å². The smallest absolute Gasteiger partial charge is 0.294 e. The number of carbonyl (C=O) groups is 1. The standard InChI is InChI=1S/C25H24N2O2/c1-3-18-8-10-19(11-9-18)14-24-25(28)27(16-20-6-4-17(2)5-7-20)22-15-21(26)12-13-23(22)29-24/h4-15H,3,16,26H2,1-2H3/b24-14+. The van der Waals surface area contributed by atoms with Gasteiger partial charge in [0.2, 0.25) is 0 Å². The summed E-state index contributed by atoms with van der Waals surface area (Å²) in [5.74, 6) is 0.754. The summed E-state index contributed by atoms with van der Waals surface area (Å²) in [4.78, 5) is 15.0. The third-order valence-corrected chi connectivity index (χ3v) is 5.10. The van der Waals surface area contributed by atoms with Crippen molar-refractivity contribution >= 4 is 23.4 Å². The van der Waals surface area contributed by atoms with Crippen LogP contribution in [0.3, 0.4) is 0 Å². The second-order valence-corrected chi connectivity index (χ2v) is 7.31. The third kappa shape index (κ3) is 4.02. The van der Waals surface area contributed by atoms with E-state index in [-0.39, 0.29) is 5.91 Å². The fraction of sp³-hybridized carbons (Fsp3) is 0.160. The largest absolute Gasteiger partial charge is 0.449 e. The van der Waals surface area contributed by atoms with Crippen LogP contribution < -0.4 is 15.4 Å². The molecule has 1 amide bonds. The number of rotatable bonds is 4. The number of aryl methyl sites for hydroxylation is 2. The lowest BCUT2D eigenvalue weighted by molar-refractivity contribution is -0.117. The lowest BCUT2D eigenvalue weighted by Gasteiger charge is -2.31. The Morgan fingerprint density at radius 2 is 1.66 bits per heavy atom. The number of nitrogens with two attached hydrogens (primary N) is 1. The summed E-state index contributed by atoms with van der Waals surface area (Å²) in [5.41, 5.74) is 11.7. The van der Waals surface area contributed by atoms with Crippen LogP contribution in [0.15, 0.2) is 72.5 Å². The van der Waals surface area contributed by atoms with E-state index in [1.165, 1.54) is 11.1 Å². The molecule has 0 atom stereocenters. The zero-order valence-electron chi connectivity index (χ0n) is 16.7. The molecule has 0 radical (unpaired) electrons. The van der Waals surface area contributed by atoms with Crippen molar-refractivity contribution < 1.29 is 9.53 Å². The zero-order valence-corrected chi connectivity index (χ0v) is 16.7. The number of nitrogens with zero attached hydrogens (tertiary/aromatic N) is 1. The maximum Gasteiger partial charge on any atom is 0.294 e. The van der Waals surface area contributed by atoms with Crippen molar-refractivity contribution in [2.75, 3.05) is 10.6 Å². The van der Waals surface area contributed by atoms with Crippen molar-refractivity contribution in [2.45, 2.75) is 26.8 Å². The first kappa shape index (κ1) is 18.8. The van der Waals surface area contributed by atoms with Gasteiger partial charge in [0.1, 0.15) is 0 Å². The SMILES string of the molecule is CCc1ccc(/C=C2/Oc3ccc(N)cc3N(Cc3ccc(C)cc3)C2=O)cc1. The fourth-order valence-electron chi connectivity index (χ4n) is 3.36. The van der Waals surface area contributed by atoms with Gasteiger partial charge >= 0.3 is 0 Å². The molecule has 4 heteroatoms. The van der Waals surface area contributed by atoms with Crippen molar-refractivity contribution in [2.24, 2.45) is 0 Å². The monoisotopic (exact) mass is 384 g/mol. The highest BCUT2D eigenvalue weighted by atomic mass is 16.5. The molecule has 1 aliphatic rings. The number of nitrogen functional groups attached to an aromatic ring is 1. The van der Waals surface area contributed by atoms with Gasteiger partial charge in [0.15, 0.2) is 11.5 Å². The minimum Gasteiger partial charge on any atom is -0.449 e. The van der Waals surface area contributed by atoms with Gasteiger partial charge in [0, 0.05) is 5.69 Å². The average molecular weight is 384 g/mol. The Morgan fingerprint density at radius 3 is 2.34 bits per heavy atom. The number of anilines is 2. The van der Waals surface area contributed by atoms with Gasteiger partial charge in [-0.15, -0.1) is 0 Å². The van der Waals surface area contributed by atoms with Crippen LogP contribution in [0.2, 0.25) is 0 Å². The van der Waals surface area contributed by atoms with E-state index in [0.29, 0.717) is 29.4 Å². The average Bonchev–Trinajstić information content (AvgIpc) is 2.73. The van der Waals surface area contributed by atoms with Crippen molar-refractivity contribution in [1.82, 2.24) is 0 Å². The van der Waals surface area contributed by atoms with Crippen LogP contribution in [0.1, 0.15) is 29.2 Å². The van der Waals surface area contributed by atoms with Crippen LogP contribution in [-0.2, 0) is 17.8 Å². The molecule has 0 saturated heterocycles. The van der Waals surface area contributed by atoms with Crippen LogP contribution in [0.25, 0.3) is 6.08 Å². The topological polar surface area (TPSA) is 55.6 Å². The molecule has 3 aromatic carbocycles. The number of carbonyl (C=O) groups excluding carboxylic acids is 1. The molecular formula is C25H24N2O2. The van der Waals surface area contributed by atoms with E-state index in [1.807, 2.05) is 49.4 Å². The Bertz CT molecular complexity index is 1070. The summed E-state index contributed by atoms with van der Waals surface area (Å²) >= 11 is 0. The molecule has 146 valence electrons.